The van der Waals surface area contributed by atoms with Gasteiger partial charge in [-0.3, -0.25) is 0 Å². The summed E-state index contributed by atoms with van der Waals surface area (Å²) in [6, 6.07) is 48.5. The number of fused-ring (bicyclic) bond motifs is 17. The summed E-state index contributed by atoms with van der Waals surface area (Å²) in [5, 5.41) is 9.49. The molecular formula is C48H28N2O2S. The average Bonchev–Trinajstić information content (AvgIpc) is 4.01. The summed E-state index contributed by atoms with van der Waals surface area (Å²) in [6.45, 7) is 0. The van der Waals surface area contributed by atoms with Crippen LogP contribution in [0.25, 0.3) is 91.5 Å². The SMILES string of the molecule is C1=CC2c3c(ccc4c3oc3c4ccc4c3c3ccccc3n4-c3ccc4oc5ccccc5c4c3)N(c3ccc4sc5ccccc5c4c3)C2C=C1. The molecule has 2 atom stereocenters. The molecule has 0 fully saturated rings. The summed E-state index contributed by atoms with van der Waals surface area (Å²) in [4.78, 5) is 2.52. The van der Waals surface area contributed by atoms with Crippen molar-refractivity contribution in [3.8, 4) is 5.69 Å². The highest BCUT2D eigenvalue weighted by Crippen LogP contribution is 2.53. The van der Waals surface area contributed by atoms with E-state index in [2.05, 4.69) is 155 Å². The van der Waals surface area contributed by atoms with Gasteiger partial charge in [-0.2, -0.15) is 0 Å². The van der Waals surface area contributed by atoms with Crippen molar-refractivity contribution in [3.05, 3.63) is 163 Å². The zero-order chi connectivity index (χ0) is 34.4. The van der Waals surface area contributed by atoms with Gasteiger partial charge in [0.1, 0.15) is 22.3 Å². The van der Waals surface area contributed by atoms with Gasteiger partial charge in [0.2, 0.25) is 0 Å². The van der Waals surface area contributed by atoms with Gasteiger partial charge in [0.25, 0.3) is 0 Å². The quantitative estimate of drug-likeness (QED) is 0.180. The lowest BCUT2D eigenvalue weighted by atomic mass is 9.90. The Morgan fingerprint density at radius 3 is 2.19 bits per heavy atom. The minimum Gasteiger partial charge on any atom is -0.456 e. The van der Waals surface area contributed by atoms with Gasteiger partial charge in [-0.25, -0.2) is 0 Å². The van der Waals surface area contributed by atoms with Crippen LogP contribution in [0.1, 0.15) is 11.5 Å². The van der Waals surface area contributed by atoms with Crippen molar-refractivity contribution in [1.82, 2.24) is 4.57 Å². The van der Waals surface area contributed by atoms with Crippen LogP contribution in [0, 0.1) is 0 Å². The first-order valence-electron chi connectivity index (χ1n) is 18.2. The summed E-state index contributed by atoms with van der Waals surface area (Å²) in [6.07, 6.45) is 9.08. The Bertz CT molecular complexity index is 3440. The fraction of sp³-hybridized carbons (Fsp3) is 0.0417. The molecule has 0 bridgehead atoms. The first-order valence-corrected chi connectivity index (χ1v) is 19.0. The van der Waals surface area contributed by atoms with E-state index in [0.717, 1.165) is 66.0 Å². The molecule has 0 saturated heterocycles. The Balaban J connectivity index is 1.05. The maximum Gasteiger partial charge on any atom is 0.145 e. The smallest absolute Gasteiger partial charge is 0.145 e. The van der Waals surface area contributed by atoms with Gasteiger partial charge in [0.05, 0.1) is 22.5 Å². The topological polar surface area (TPSA) is 34.5 Å². The number of hydrogen-bond acceptors (Lipinski definition) is 4. The van der Waals surface area contributed by atoms with Crippen LogP contribution in [-0.4, -0.2) is 10.6 Å². The molecule has 1 aliphatic heterocycles. The van der Waals surface area contributed by atoms with Crippen LogP contribution in [0.15, 0.2) is 167 Å². The third kappa shape index (κ3) is 3.64. The van der Waals surface area contributed by atoms with E-state index in [1.807, 2.05) is 23.5 Å². The lowest BCUT2D eigenvalue weighted by Gasteiger charge is -2.28. The molecule has 2 aliphatic rings. The molecule has 0 amide bonds. The van der Waals surface area contributed by atoms with Crippen LogP contribution in [-0.2, 0) is 0 Å². The summed E-state index contributed by atoms with van der Waals surface area (Å²) in [5.74, 6) is 0.169. The number of nitrogens with zero attached hydrogens (tertiary/aromatic N) is 2. The lowest BCUT2D eigenvalue weighted by molar-refractivity contribution is 0.659. The molecule has 0 N–H and O–H groups in total. The second-order valence-corrected chi connectivity index (χ2v) is 15.5. The van der Waals surface area contributed by atoms with Crippen LogP contribution in [0.4, 0.5) is 11.4 Å². The van der Waals surface area contributed by atoms with Crippen LogP contribution in [0.5, 0.6) is 0 Å². The Kier molecular flexibility index (Phi) is 5.33. The van der Waals surface area contributed by atoms with E-state index < -0.39 is 0 Å². The van der Waals surface area contributed by atoms with E-state index in [9.17, 15) is 0 Å². The highest BCUT2D eigenvalue weighted by atomic mass is 32.1. The fourth-order valence-electron chi connectivity index (χ4n) is 9.47. The summed E-state index contributed by atoms with van der Waals surface area (Å²) < 4.78 is 18.4. The van der Waals surface area contributed by atoms with E-state index in [-0.39, 0.29) is 12.0 Å². The molecule has 11 aromatic rings. The maximum atomic E-state index is 7.22. The molecular weight excluding hydrogens is 669 g/mol. The van der Waals surface area contributed by atoms with Gasteiger partial charge < -0.3 is 18.3 Å². The van der Waals surface area contributed by atoms with E-state index in [0.29, 0.717) is 0 Å². The number of hydrogen-bond donors (Lipinski definition) is 0. The summed E-state index contributed by atoms with van der Waals surface area (Å²) >= 11 is 1.86. The van der Waals surface area contributed by atoms with E-state index >= 15 is 0 Å². The molecule has 1 aliphatic carbocycles. The van der Waals surface area contributed by atoms with Crippen LogP contribution < -0.4 is 4.90 Å². The second-order valence-electron chi connectivity index (χ2n) is 14.4. The molecule has 5 heterocycles. The Morgan fingerprint density at radius 2 is 1.23 bits per heavy atom. The standard InChI is InChI=1S/C48H28N2O2S/c1-5-13-37-33(11-1)45-39(49(37)27-17-23-42-35(25-27)29-9-3-7-15-41(29)51-42)21-19-31-32-20-22-40-46(48(32)52-47(31)45)34-12-2-6-14-38(34)50(40)28-18-24-44-36(26-28)30-10-4-8-16-43(30)53-44/h1-26,34,38H. The molecule has 4 aromatic heterocycles. The Hall–Kier alpha value is -6.56. The average molecular weight is 697 g/mol. The van der Waals surface area contributed by atoms with Gasteiger partial charge in [-0.15, -0.1) is 11.3 Å². The minimum absolute atomic E-state index is 0.159. The maximum absolute atomic E-state index is 7.22. The zero-order valence-electron chi connectivity index (χ0n) is 28.3. The molecule has 7 aromatic carbocycles. The third-order valence-electron chi connectivity index (χ3n) is 11.7. The Morgan fingerprint density at radius 1 is 0.491 bits per heavy atom. The van der Waals surface area contributed by atoms with E-state index in [1.54, 1.807) is 0 Å². The van der Waals surface area contributed by atoms with Crippen molar-refractivity contribution in [2.24, 2.45) is 0 Å². The molecule has 0 radical (unpaired) electrons. The summed E-state index contributed by atoms with van der Waals surface area (Å²) in [7, 11) is 0. The van der Waals surface area contributed by atoms with Crippen LogP contribution in [0.2, 0.25) is 0 Å². The van der Waals surface area contributed by atoms with E-state index in [1.165, 1.54) is 42.5 Å². The number of anilines is 2. The second kappa shape index (κ2) is 10.1. The van der Waals surface area contributed by atoms with Crippen molar-refractivity contribution in [1.29, 1.82) is 0 Å². The fourth-order valence-corrected chi connectivity index (χ4v) is 10.6. The van der Waals surface area contributed by atoms with Crippen LogP contribution in [0.3, 0.4) is 0 Å². The highest BCUT2D eigenvalue weighted by Gasteiger charge is 2.40. The first-order chi connectivity index (χ1) is 26.3. The number of benzene rings is 7. The molecule has 5 heteroatoms. The van der Waals surface area contributed by atoms with Crippen molar-refractivity contribution in [2.45, 2.75) is 12.0 Å². The van der Waals surface area contributed by atoms with Crippen molar-refractivity contribution in [2.75, 3.05) is 4.90 Å². The molecule has 0 spiro atoms. The predicted octanol–water partition coefficient (Wildman–Crippen LogP) is 13.7. The van der Waals surface area contributed by atoms with E-state index in [4.69, 9.17) is 8.83 Å². The molecule has 13 rings (SSSR count). The normalized spacial score (nSPS) is 16.9. The molecule has 248 valence electrons. The zero-order valence-corrected chi connectivity index (χ0v) is 29.1. The highest BCUT2D eigenvalue weighted by molar-refractivity contribution is 7.25. The molecule has 2 unspecified atom stereocenters. The van der Waals surface area contributed by atoms with Gasteiger partial charge in [-0.1, -0.05) is 78.9 Å². The lowest BCUT2D eigenvalue weighted by Crippen LogP contribution is -2.28. The third-order valence-corrected chi connectivity index (χ3v) is 12.9. The number of thiophene rings is 1. The predicted molar refractivity (Wildman–Crippen MR) is 222 cm³/mol. The number of aromatic nitrogens is 1. The van der Waals surface area contributed by atoms with Crippen molar-refractivity contribution < 1.29 is 8.83 Å². The van der Waals surface area contributed by atoms with Crippen molar-refractivity contribution >= 4 is 109 Å². The number of rotatable bonds is 2. The van der Waals surface area contributed by atoms with Crippen molar-refractivity contribution in [3.63, 3.8) is 0 Å². The minimum atomic E-state index is 0.159. The summed E-state index contributed by atoms with van der Waals surface area (Å²) in [5.41, 5.74) is 10.8. The van der Waals surface area contributed by atoms with Crippen LogP contribution >= 0.6 is 11.3 Å². The Labute approximate surface area is 306 Å². The molecule has 4 nitrogen and oxygen atoms in total. The largest absolute Gasteiger partial charge is 0.456 e. The van der Waals surface area contributed by atoms with Gasteiger partial charge in [0.15, 0.2) is 0 Å². The molecule has 53 heavy (non-hydrogen) atoms. The number of furan rings is 2. The van der Waals surface area contributed by atoms with Gasteiger partial charge >= 0.3 is 0 Å². The number of para-hydroxylation sites is 2. The van der Waals surface area contributed by atoms with Gasteiger partial charge in [-0.05, 0) is 78.9 Å². The first kappa shape index (κ1) is 28.1. The number of allylic oxidation sites excluding steroid dienone is 2. The monoisotopic (exact) mass is 696 g/mol. The molecule has 0 saturated carbocycles. The van der Waals surface area contributed by atoms with Gasteiger partial charge in [0, 0.05) is 75.6 Å².